The van der Waals surface area contributed by atoms with Crippen molar-refractivity contribution < 1.29 is 28.9 Å². The molecule has 11 heteroatoms. The number of hydrogen-bond acceptors (Lipinski definition) is 8. The van der Waals surface area contributed by atoms with Gasteiger partial charge in [-0.1, -0.05) is 19.4 Å². The molecule has 4 rings (SSSR count). The Labute approximate surface area is 228 Å². The number of amides is 1. The smallest absolute Gasteiger partial charge is 0.308 e. The minimum Gasteiger partial charge on any atom is -0.493 e. The molecule has 3 heterocycles. The van der Waals surface area contributed by atoms with E-state index in [1.165, 1.54) is 13.2 Å². The van der Waals surface area contributed by atoms with E-state index in [1.54, 1.807) is 39.9 Å². The van der Waals surface area contributed by atoms with Crippen molar-refractivity contribution in [3.05, 3.63) is 52.4 Å². The van der Waals surface area contributed by atoms with Crippen LogP contribution >= 0.6 is 0 Å². The summed E-state index contributed by atoms with van der Waals surface area (Å²) in [5.41, 5.74) is 6.37. The lowest BCUT2D eigenvalue weighted by Gasteiger charge is -2.29. The average Bonchev–Trinajstić information content (AvgIpc) is 3.54. The van der Waals surface area contributed by atoms with E-state index < -0.39 is 23.8 Å². The third-order valence-corrected chi connectivity index (χ3v) is 7.58. The number of likely N-dealkylation sites (tertiary alicyclic amines) is 1. The van der Waals surface area contributed by atoms with Crippen molar-refractivity contribution in [2.24, 2.45) is 11.7 Å². The first-order valence-electron chi connectivity index (χ1n) is 13.5. The van der Waals surface area contributed by atoms with Crippen molar-refractivity contribution in [3.8, 4) is 17.2 Å². The molecule has 11 nitrogen and oxygen atoms in total. The van der Waals surface area contributed by atoms with Crippen LogP contribution in [0, 0.1) is 5.92 Å². The molecule has 0 spiro atoms. The van der Waals surface area contributed by atoms with E-state index in [1.807, 2.05) is 4.90 Å². The molecule has 0 saturated carbocycles. The summed E-state index contributed by atoms with van der Waals surface area (Å²) in [5.74, 6) is -0.823. The van der Waals surface area contributed by atoms with Crippen LogP contribution in [0.3, 0.4) is 0 Å². The second-order valence-corrected chi connectivity index (χ2v) is 9.97. The Morgan fingerprint density at radius 1 is 1.23 bits per heavy atom. The molecule has 2 aromatic rings. The van der Waals surface area contributed by atoms with E-state index in [4.69, 9.17) is 19.9 Å². The predicted octanol–water partition coefficient (Wildman–Crippen LogP) is 1.73. The van der Waals surface area contributed by atoms with Crippen molar-refractivity contribution in [1.82, 2.24) is 14.4 Å². The van der Waals surface area contributed by atoms with Gasteiger partial charge in [-0.2, -0.15) is 0 Å². The second kappa shape index (κ2) is 13.0. The first-order valence-corrected chi connectivity index (χ1v) is 13.5. The van der Waals surface area contributed by atoms with E-state index in [-0.39, 0.29) is 24.8 Å². The number of aryl methyl sites for hydroxylation is 1. The van der Waals surface area contributed by atoms with Crippen molar-refractivity contribution in [1.29, 1.82) is 0 Å². The van der Waals surface area contributed by atoms with Crippen LogP contribution < -0.4 is 25.5 Å². The molecule has 1 fully saturated rings. The number of carbonyl (C=O) groups excluding carboxylic acids is 1. The first-order chi connectivity index (χ1) is 18.9. The lowest BCUT2D eigenvalue weighted by Crippen LogP contribution is -2.46. The van der Waals surface area contributed by atoms with Crippen LogP contribution in [0.2, 0.25) is 0 Å². The topological polar surface area (TPSA) is 137 Å². The Balaban J connectivity index is 1.66. The van der Waals surface area contributed by atoms with Gasteiger partial charge in [0, 0.05) is 56.9 Å². The molecule has 1 saturated heterocycles. The zero-order valence-electron chi connectivity index (χ0n) is 22.6. The Kier molecular flexibility index (Phi) is 9.47. The number of hydrogen-bond donors (Lipinski definition) is 2. The summed E-state index contributed by atoms with van der Waals surface area (Å²) in [6.45, 7) is 4.29. The molecule has 1 aromatic heterocycles. The summed E-state index contributed by atoms with van der Waals surface area (Å²) in [7, 11) is 1.53. The summed E-state index contributed by atoms with van der Waals surface area (Å²) >= 11 is 0. The normalized spacial score (nSPS) is 20.2. The van der Waals surface area contributed by atoms with Gasteiger partial charge in [-0.25, -0.2) is 0 Å². The molecule has 0 bridgehead atoms. The predicted molar refractivity (Wildman–Crippen MR) is 144 cm³/mol. The van der Waals surface area contributed by atoms with Crippen molar-refractivity contribution >= 4 is 11.9 Å². The van der Waals surface area contributed by atoms with E-state index in [0.29, 0.717) is 56.4 Å². The van der Waals surface area contributed by atoms with E-state index in [2.05, 4.69) is 6.92 Å². The summed E-state index contributed by atoms with van der Waals surface area (Å²) < 4.78 is 18.2. The molecule has 2 aliphatic rings. The number of ether oxygens (including phenoxy) is 3. The highest BCUT2D eigenvalue weighted by atomic mass is 16.7. The molecule has 212 valence electrons. The molecule has 0 aliphatic carbocycles. The minimum atomic E-state index is -0.957. The van der Waals surface area contributed by atoms with Crippen LogP contribution in [-0.4, -0.2) is 84.0 Å². The van der Waals surface area contributed by atoms with Crippen LogP contribution in [0.15, 0.2) is 41.3 Å². The lowest BCUT2D eigenvalue weighted by molar-refractivity contribution is -0.144. The molecular weight excluding hydrogens is 504 g/mol. The average molecular weight is 543 g/mol. The van der Waals surface area contributed by atoms with Gasteiger partial charge >= 0.3 is 5.97 Å². The number of rotatable bonds is 13. The summed E-state index contributed by atoms with van der Waals surface area (Å²) in [6, 6.07) is 8.03. The van der Waals surface area contributed by atoms with Gasteiger partial charge in [-0.3, -0.25) is 19.3 Å². The number of aromatic nitrogens is 1. The van der Waals surface area contributed by atoms with E-state index in [0.717, 1.165) is 18.4 Å². The van der Waals surface area contributed by atoms with Crippen LogP contribution in [0.5, 0.6) is 17.2 Å². The highest BCUT2D eigenvalue weighted by Gasteiger charge is 2.47. The molecule has 0 unspecified atom stereocenters. The van der Waals surface area contributed by atoms with Crippen molar-refractivity contribution in [2.75, 3.05) is 46.6 Å². The van der Waals surface area contributed by atoms with Crippen molar-refractivity contribution in [3.63, 3.8) is 0 Å². The van der Waals surface area contributed by atoms with Gasteiger partial charge in [0.25, 0.3) is 0 Å². The number of carboxylic acid groups (broad SMARTS) is 1. The number of unbranched alkanes of at least 4 members (excludes halogenated alkanes) is 1. The number of methoxy groups -OCH3 is 1. The van der Waals surface area contributed by atoms with Gasteiger partial charge in [0.05, 0.1) is 19.6 Å². The van der Waals surface area contributed by atoms with Crippen molar-refractivity contribution in [2.45, 2.75) is 44.7 Å². The first kappa shape index (κ1) is 28.4. The lowest BCUT2D eigenvalue weighted by atomic mass is 9.84. The van der Waals surface area contributed by atoms with Gasteiger partial charge < -0.3 is 34.5 Å². The maximum Gasteiger partial charge on any atom is 0.308 e. The maximum atomic E-state index is 13.4. The molecule has 2 aliphatic heterocycles. The molecule has 3 N–H and O–H groups in total. The third-order valence-electron chi connectivity index (χ3n) is 7.58. The number of benzene rings is 1. The fourth-order valence-corrected chi connectivity index (χ4v) is 5.61. The Hall–Kier alpha value is -3.57. The summed E-state index contributed by atoms with van der Waals surface area (Å²) in [6.07, 6.45) is 3.89. The maximum absolute atomic E-state index is 13.4. The highest BCUT2D eigenvalue weighted by Crippen LogP contribution is 2.47. The molecule has 1 amide bonds. The largest absolute Gasteiger partial charge is 0.493 e. The Morgan fingerprint density at radius 3 is 2.74 bits per heavy atom. The monoisotopic (exact) mass is 542 g/mol. The second-order valence-electron chi connectivity index (χ2n) is 9.97. The van der Waals surface area contributed by atoms with Gasteiger partial charge in [0.2, 0.25) is 24.0 Å². The van der Waals surface area contributed by atoms with Gasteiger partial charge in [0.15, 0.2) is 11.5 Å². The van der Waals surface area contributed by atoms with E-state index >= 15 is 0 Å². The molecule has 1 aromatic carbocycles. The molecule has 39 heavy (non-hydrogen) atoms. The number of nitrogens with zero attached hydrogens (tertiary/aromatic N) is 3. The third kappa shape index (κ3) is 6.36. The molecule has 3 atom stereocenters. The van der Waals surface area contributed by atoms with Crippen LogP contribution in [0.4, 0.5) is 0 Å². The zero-order chi connectivity index (χ0) is 27.9. The Bertz CT molecular complexity index is 1220. The summed E-state index contributed by atoms with van der Waals surface area (Å²) in [4.78, 5) is 42.2. The van der Waals surface area contributed by atoms with Gasteiger partial charge in [-0.05, 0) is 36.6 Å². The number of pyridine rings is 1. The standard InChI is InChI=1S/C28H38N4O7/c1-3-4-10-31(13-9-29)25(34)17-32-16-20(19-14-22(37-2)27-23(15-19)38-18-39-27)26(28(35)36)21(32)8-12-30-11-6-5-7-24(30)33/h5-7,11,14-15,20-21,26H,3-4,8-10,12-13,16-18,29H2,1-2H3,(H,35,36)/t20-,21+,26-/m1/s1. The quantitative estimate of drug-likeness (QED) is 0.388. The highest BCUT2D eigenvalue weighted by molar-refractivity contribution is 5.79. The minimum absolute atomic E-state index is 0.0615. The summed E-state index contributed by atoms with van der Waals surface area (Å²) in [5, 5.41) is 10.5. The number of fused-ring (bicyclic) bond motifs is 1. The molecule has 0 radical (unpaired) electrons. The number of nitrogens with two attached hydrogens (primary N) is 1. The van der Waals surface area contributed by atoms with Crippen LogP contribution in [0.25, 0.3) is 0 Å². The zero-order valence-corrected chi connectivity index (χ0v) is 22.6. The van der Waals surface area contributed by atoms with Crippen LogP contribution in [0.1, 0.15) is 37.7 Å². The number of carboxylic acids is 1. The number of carbonyl (C=O) groups is 2. The fourth-order valence-electron chi connectivity index (χ4n) is 5.61. The Morgan fingerprint density at radius 2 is 2.05 bits per heavy atom. The van der Waals surface area contributed by atoms with Crippen LogP contribution in [-0.2, 0) is 16.1 Å². The van der Waals surface area contributed by atoms with Gasteiger partial charge in [-0.15, -0.1) is 0 Å². The van der Waals surface area contributed by atoms with Gasteiger partial charge in [0.1, 0.15) is 0 Å². The number of aliphatic carboxylic acids is 1. The fraction of sp³-hybridized carbons (Fsp3) is 0.536. The molecular formula is C28H38N4O7. The SMILES string of the molecule is CCCCN(CCN)C(=O)CN1C[C@H](c2cc(OC)c3c(c2)OCO3)[C@@H](C(=O)O)[C@@H]1CCn1ccccc1=O. The van der Waals surface area contributed by atoms with E-state index in [9.17, 15) is 19.5 Å².